The van der Waals surface area contributed by atoms with Crippen molar-refractivity contribution in [2.45, 2.75) is 52.5 Å². The summed E-state index contributed by atoms with van der Waals surface area (Å²) in [6.45, 7) is 10.4. The number of hydrogen-bond donors (Lipinski definition) is 2. The Hall–Kier alpha value is -0.610. The second-order valence-electron chi connectivity index (χ2n) is 5.17. The largest absolute Gasteiger partial charge is 0.381 e. The van der Waals surface area contributed by atoms with Crippen molar-refractivity contribution < 1.29 is 9.53 Å². The molecule has 0 spiro atoms. The zero-order valence-electron chi connectivity index (χ0n) is 11.7. The van der Waals surface area contributed by atoms with Crippen molar-refractivity contribution in [2.24, 2.45) is 11.7 Å². The number of primary amides is 1. The molecule has 0 aromatic heterocycles. The topological polar surface area (TPSA) is 64.3 Å². The first-order chi connectivity index (χ1) is 7.92. The summed E-state index contributed by atoms with van der Waals surface area (Å²) in [6, 6.07) is 0. The third-order valence-electron chi connectivity index (χ3n) is 2.89. The van der Waals surface area contributed by atoms with Gasteiger partial charge in [-0.05, 0) is 38.6 Å². The van der Waals surface area contributed by atoms with E-state index in [-0.39, 0.29) is 5.91 Å². The molecule has 102 valence electrons. The summed E-state index contributed by atoms with van der Waals surface area (Å²) in [4.78, 5) is 11.4. The number of ether oxygens (including phenoxy) is 1. The highest BCUT2D eigenvalue weighted by Gasteiger charge is 2.29. The molecule has 0 saturated carbocycles. The van der Waals surface area contributed by atoms with Crippen molar-refractivity contribution >= 4 is 5.91 Å². The minimum atomic E-state index is -0.645. The Bertz CT molecular complexity index is 219. The Labute approximate surface area is 105 Å². The van der Waals surface area contributed by atoms with Crippen LogP contribution >= 0.6 is 0 Å². The molecule has 17 heavy (non-hydrogen) atoms. The molecule has 1 amide bonds. The number of hydrogen-bond acceptors (Lipinski definition) is 3. The van der Waals surface area contributed by atoms with Crippen molar-refractivity contribution in [2.75, 3.05) is 19.8 Å². The lowest BCUT2D eigenvalue weighted by Crippen LogP contribution is -2.54. The zero-order chi connectivity index (χ0) is 13.3. The van der Waals surface area contributed by atoms with E-state index in [4.69, 9.17) is 10.5 Å². The molecular weight excluding hydrogens is 216 g/mol. The quantitative estimate of drug-likeness (QED) is 0.575. The summed E-state index contributed by atoms with van der Waals surface area (Å²) in [5.41, 5.74) is 4.77. The van der Waals surface area contributed by atoms with Crippen LogP contribution in [0.2, 0.25) is 0 Å². The van der Waals surface area contributed by atoms with E-state index >= 15 is 0 Å². The van der Waals surface area contributed by atoms with Gasteiger partial charge in [0.15, 0.2) is 0 Å². The molecule has 3 N–H and O–H groups in total. The summed E-state index contributed by atoms with van der Waals surface area (Å²) in [7, 11) is 0. The van der Waals surface area contributed by atoms with Crippen molar-refractivity contribution in [3.05, 3.63) is 0 Å². The number of nitrogens with one attached hydrogen (secondary N) is 1. The predicted octanol–water partition coefficient (Wildman–Crippen LogP) is 1.68. The van der Waals surface area contributed by atoms with E-state index < -0.39 is 5.54 Å². The van der Waals surface area contributed by atoms with Crippen LogP contribution in [0.15, 0.2) is 0 Å². The van der Waals surface area contributed by atoms with E-state index in [1.807, 2.05) is 6.92 Å². The molecule has 0 bridgehead atoms. The second-order valence-corrected chi connectivity index (χ2v) is 5.17. The Balaban J connectivity index is 3.88. The highest BCUT2D eigenvalue weighted by atomic mass is 16.5. The van der Waals surface area contributed by atoms with Gasteiger partial charge in [-0.3, -0.25) is 4.79 Å². The molecule has 0 rings (SSSR count). The standard InChI is InChI=1S/C13H28N2O2/c1-5-8-15-13(4,12(14)16)7-10-17-9-6-11(2)3/h11,15H,5-10H2,1-4H3,(H2,14,16). The van der Waals surface area contributed by atoms with E-state index in [0.717, 1.165) is 26.0 Å². The lowest BCUT2D eigenvalue weighted by atomic mass is 9.97. The minimum Gasteiger partial charge on any atom is -0.381 e. The first kappa shape index (κ1) is 16.4. The molecule has 0 aromatic carbocycles. The number of amides is 1. The summed E-state index contributed by atoms with van der Waals surface area (Å²) < 4.78 is 5.52. The van der Waals surface area contributed by atoms with Crippen molar-refractivity contribution in [3.8, 4) is 0 Å². The molecule has 1 unspecified atom stereocenters. The highest BCUT2D eigenvalue weighted by molar-refractivity contribution is 5.84. The Morgan fingerprint density at radius 1 is 1.41 bits per heavy atom. The average molecular weight is 244 g/mol. The Morgan fingerprint density at radius 3 is 2.53 bits per heavy atom. The molecule has 4 nitrogen and oxygen atoms in total. The van der Waals surface area contributed by atoms with Gasteiger partial charge in [0.2, 0.25) is 5.91 Å². The monoisotopic (exact) mass is 244 g/mol. The number of rotatable bonds is 10. The minimum absolute atomic E-state index is 0.307. The maximum absolute atomic E-state index is 11.4. The van der Waals surface area contributed by atoms with Crippen LogP contribution in [0.1, 0.15) is 47.0 Å². The van der Waals surface area contributed by atoms with Crippen LogP contribution in [0.4, 0.5) is 0 Å². The fourth-order valence-corrected chi connectivity index (χ4v) is 1.40. The Kier molecular flexibility index (Phi) is 8.17. The first-order valence-corrected chi connectivity index (χ1v) is 6.55. The van der Waals surface area contributed by atoms with Gasteiger partial charge < -0.3 is 15.8 Å². The molecule has 0 fully saturated rings. The third-order valence-corrected chi connectivity index (χ3v) is 2.89. The second kappa shape index (κ2) is 8.48. The average Bonchev–Trinajstić information content (AvgIpc) is 2.25. The van der Waals surface area contributed by atoms with Crippen LogP contribution in [0.5, 0.6) is 0 Å². The van der Waals surface area contributed by atoms with Crippen LogP contribution in [-0.4, -0.2) is 31.2 Å². The van der Waals surface area contributed by atoms with Crippen molar-refractivity contribution in [3.63, 3.8) is 0 Å². The fourth-order valence-electron chi connectivity index (χ4n) is 1.40. The van der Waals surface area contributed by atoms with E-state index in [0.29, 0.717) is 18.9 Å². The van der Waals surface area contributed by atoms with Crippen LogP contribution in [-0.2, 0) is 9.53 Å². The van der Waals surface area contributed by atoms with Crippen LogP contribution < -0.4 is 11.1 Å². The zero-order valence-corrected chi connectivity index (χ0v) is 11.7. The summed E-state index contributed by atoms with van der Waals surface area (Å²) >= 11 is 0. The molecule has 0 aliphatic heterocycles. The number of carbonyl (C=O) groups is 1. The fraction of sp³-hybridized carbons (Fsp3) is 0.923. The normalized spacial score (nSPS) is 14.9. The van der Waals surface area contributed by atoms with Gasteiger partial charge in [-0.1, -0.05) is 20.8 Å². The first-order valence-electron chi connectivity index (χ1n) is 6.55. The maximum atomic E-state index is 11.4. The van der Waals surface area contributed by atoms with Crippen LogP contribution in [0.25, 0.3) is 0 Å². The molecule has 0 radical (unpaired) electrons. The van der Waals surface area contributed by atoms with Gasteiger partial charge in [-0.15, -0.1) is 0 Å². The van der Waals surface area contributed by atoms with Crippen LogP contribution in [0.3, 0.4) is 0 Å². The van der Waals surface area contributed by atoms with Gasteiger partial charge in [0.05, 0.1) is 5.54 Å². The molecule has 0 aliphatic rings. The lowest BCUT2D eigenvalue weighted by Gasteiger charge is -2.27. The summed E-state index contributed by atoms with van der Waals surface area (Å²) in [6.07, 6.45) is 2.66. The van der Waals surface area contributed by atoms with Gasteiger partial charge in [-0.2, -0.15) is 0 Å². The SMILES string of the molecule is CCCNC(C)(CCOCCC(C)C)C(N)=O. The molecule has 0 aromatic rings. The van der Waals surface area contributed by atoms with E-state index in [1.54, 1.807) is 0 Å². The maximum Gasteiger partial charge on any atom is 0.237 e. The van der Waals surface area contributed by atoms with Crippen molar-refractivity contribution in [1.29, 1.82) is 0 Å². The lowest BCUT2D eigenvalue weighted by molar-refractivity contribution is -0.124. The van der Waals surface area contributed by atoms with Gasteiger partial charge in [0.1, 0.15) is 0 Å². The van der Waals surface area contributed by atoms with Gasteiger partial charge >= 0.3 is 0 Å². The van der Waals surface area contributed by atoms with Crippen molar-refractivity contribution in [1.82, 2.24) is 5.32 Å². The number of carbonyl (C=O) groups excluding carboxylic acids is 1. The van der Waals surface area contributed by atoms with Gasteiger partial charge in [-0.25, -0.2) is 0 Å². The van der Waals surface area contributed by atoms with E-state index in [1.165, 1.54) is 0 Å². The third kappa shape index (κ3) is 7.34. The van der Waals surface area contributed by atoms with Gasteiger partial charge in [0.25, 0.3) is 0 Å². The molecule has 0 aliphatic carbocycles. The predicted molar refractivity (Wildman–Crippen MR) is 70.8 cm³/mol. The summed E-state index contributed by atoms with van der Waals surface area (Å²) in [5.74, 6) is 0.342. The molecule has 0 heterocycles. The molecule has 1 atom stereocenters. The highest BCUT2D eigenvalue weighted by Crippen LogP contribution is 2.10. The van der Waals surface area contributed by atoms with Gasteiger partial charge in [0, 0.05) is 13.2 Å². The van der Waals surface area contributed by atoms with E-state index in [9.17, 15) is 4.79 Å². The molecular formula is C13H28N2O2. The number of nitrogens with two attached hydrogens (primary N) is 1. The Morgan fingerprint density at radius 2 is 2.06 bits per heavy atom. The molecule has 4 heteroatoms. The molecule has 0 saturated heterocycles. The van der Waals surface area contributed by atoms with E-state index in [2.05, 4.69) is 26.1 Å². The smallest absolute Gasteiger partial charge is 0.237 e. The van der Waals surface area contributed by atoms with Crippen LogP contribution in [0, 0.1) is 5.92 Å². The summed E-state index contributed by atoms with van der Waals surface area (Å²) in [5, 5.41) is 3.19.